The Bertz CT molecular complexity index is 274. The van der Waals surface area contributed by atoms with E-state index in [4.69, 9.17) is 0 Å². The minimum Gasteiger partial charge on any atom is -0.354 e. The molecule has 4 heteroatoms. The van der Waals surface area contributed by atoms with Crippen LogP contribution in [0.25, 0.3) is 0 Å². The average Bonchev–Trinajstić information content (AvgIpc) is 2.76. The van der Waals surface area contributed by atoms with Crippen LogP contribution in [-0.2, 0) is 4.79 Å². The number of amides is 1. The second-order valence-corrected chi connectivity index (χ2v) is 5.83. The maximum Gasteiger partial charge on any atom is 0.227 e. The molecule has 0 aliphatic carbocycles. The highest BCUT2D eigenvalue weighted by Gasteiger charge is 2.36. The fourth-order valence-electron chi connectivity index (χ4n) is 2.84. The Labute approximate surface area is 104 Å². The molecule has 17 heavy (non-hydrogen) atoms. The smallest absolute Gasteiger partial charge is 0.227 e. The zero-order valence-corrected chi connectivity index (χ0v) is 11.1. The summed E-state index contributed by atoms with van der Waals surface area (Å²) in [6.45, 7) is 5.82. The van der Waals surface area contributed by atoms with Gasteiger partial charge in [-0.1, -0.05) is 6.42 Å². The van der Waals surface area contributed by atoms with Gasteiger partial charge in [0.05, 0.1) is 5.41 Å². The summed E-state index contributed by atoms with van der Waals surface area (Å²) in [5.41, 5.74) is -0.187. The lowest BCUT2D eigenvalue weighted by Gasteiger charge is -2.33. The highest BCUT2D eigenvalue weighted by atomic mass is 16.2. The van der Waals surface area contributed by atoms with E-state index in [2.05, 4.69) is 29.5 Å². The zero-order chi connectivity index (χ0) is 12.3. The van der Waals surface area contributed by atoms with E-state index in [-0.39, 0.29) is 11.3 Å². The monoisotopic (exact) mass is 239 g/mol. The zero-order valence-electron chi connectivity index (χ0n) is 11.1. The summed E-state index contributed by atoms with van der Waals surface area (Å²) < 4.78 is 0. The van der Waals surface area contributed by atoms with Gasteiger partial charge in [-0.25, -0.2) is 0 Å². The molecule has 0 spiro atoms. The summed E-state index contributed by atoms with van der Waals surface area (Å²) in [7, 11) is 2.16. The van der Waals surface area contributed by atoms with Crippen molar-refractivity contribution < 1.29 is 4.79 Å². The fourth-order valence-corrected chi connectivity index (χ4v) is 2.84. The van der Waals surface area contributed by atoms with Crippen LogP contribution in [0.5, 0.6) is 0 Å². The van der Waals surface area contributed by atoms with E-state index in [1.54, 1.807) is 0 Å². The SMILES string of the molecule is CN1CCCCC1CNC(=O)C1(C)CCNC1. The van der Waals surface area contributed by atoms with Gasteiger partial charge in [0, 0.05) is 19.1 Å². The van der Waals surface area contributed by atoms with Crippen LogP contribution < -0.4 is 10.6 Å². The summed E-state index contributed by atoms with van der Waals surface area (Å²) in [6.07, 6.45) is 4.76. The van der Waals surface area contributed by atoms with Crippen molar-refractivity contribution in [2.75, 3.05) is 33.2 Å². The van der Waals surface area contributed by atoms with Crippen molar-refractivity contribution in [1.29, 1.82) is 0 Å². The van der Waals surface area contributed by atoms with E-state index in [0.717, 1.165) is 26.1 Å². The summed E-state index contributed by atoms with van der Waals surface area (Å²) in [4.78, 5) is 14.5. The molecule has 4 nitrogen and oxygen atoms in total. The number of piperidine rings is 1. The largest absolute Gasteiger partial charge is 0.354 e. The molecule has 2 N–H and O–H groups in total. The van der Waals surface area contributed by atoms with Gasteiger partial charge in [0.1, 0.15) is 0 Å². The van der Waals surface area contributed by atoms with Crippen LogP contribution in [0.1, 0.15) is 32.6 Å². The van der Waals surface area contributed by atoms with Crippen LogP contribution in [0, 0.1) is 5.41 Å². The molecule has 2 fully saturated rings. The molecule has 2 aliphatic rings. The highest BCUT2D eigenvalue weighted by Crippen LogP contribution is 2.24. The van der Waals surface area contributed by atoms with Crippen LogP contribution in [0.2, 0.25) is 0 Å². The van der Waals surface area contributed by atoms with Crippen molar-refractivity contribution in [3.8, 4) is 0 Å². The van der Waals surface area contributed by atoms with Crippen LogP contribution in [0.4, 0.5) is 0 Å². The lowest BCUT2D eigenvalue weighted by molar-refractivity contribution is -0.129. The van der Waals surface area contributed by atoms with Crippen molar-refractivity contribution in [3.05, 3.63) is 0 Å². The van der Waals surface area contributed by atoms with E-state index in [1.807, 2.05) is 0 Å². The summed E-state index contributed by atoms with van der Waals surface area (Å²) in [5, 5.41) is 6.41. The third kappa shape index (κ3) is 2.99. The van der Waals surface area contributed by atoms with Gasteiger partial charge >= 0.3 is 0 Å². The number of hydrogen-bond donors (Lipinski definition) is 2. The van der Waals surface area contributed by atoms with E-state index < -0.39 is 0 Å². The second kappa shape index (κ2) is 5.36. The quantitative estimate of drug-likeness (QED) is 0.757. The van der Waals surface area contributed by atoms with Gasteiger partial charge in [-0.05, 0) is 46.3 Å². The first-order valence-corrected chi connectivity index (χ1v) is 6.81. The van der Waals surface area contributed by atoms with Crippen LogP contribution >= 0.6 is 0 Å². The third-order valence-corrected chi connectivity index (χ3v) is 4.34. The molecular weight excluding hydrogens is 214 g/mol. The fraction of sp³-hybridized carbons (Fsp3) is 0.923. The molecule has 0 aromatic heterocycles. The number of carbonyl (C=O) groups excluding carboxylic acids is 1. The maximum absolute atomic E-state index is 12.1. The van der Waals surface area contributed by atoms with E-state index in [0.29, 0.717) is 6.04 Å². The lowest BCUT2D eigenvalue weighted by Crippen LogP contribution is -2.48. The Hall–Kier alpha value is -0.610. The van der Waals surface area contributed by atoms with Gasteiger partial charge in [0.15, 0.2) is 0 Å². The van der Waals surface area contributed by atoms with Gasteiger partial charge in [-0.2, -0.15) is 0 Å². The molecule has 2 atom stereocenters. The molecular formula is C13H25N3O. The average molecular weight is 239 g/mol. The number of hydrogen-bond acceptors (Lipinski definition) is 3. The molecule has 2 heterocycles. The van der Waals surface area contributed by atoms with E-state index >= 15 is 0 Å². The van der Waals surface area contributed by atoms with Gasteiger partial charge in [-0.15, -0.1) is 0 Å². The molecule has 0 aromatic rings. The topological polar surface area (TPSA) is 44.4 Å². The lowest BCUT2D eigenvalue weighted by atomic mass is 9.88. The number of likely N-dealkylation sites (N-methyl/N-ethyl adjacent to an activating group) is 1. The number of rotatable bonds is 3. The van der Waals surface area contributed by atoms with E-state index in [1.165, 1.54) is 25.8 Å². The number of likely N-dealkylation sites (tertiary alicyclic amines) is 1. The van der Waals surface area contributed by atoms with Crippen molar-refractivity contribution in [2.24, 2.45) is 5.41 Å². The molecule has 98 valence electrons. The normalized spacial score (nSPS) is 34.8. The van der Waals surface area contributed by atoms with Gasteiger partial charge in [0.25, 0.3) is 0 Å². The molecule has 1 amide bonds. The predicted octanol–water partition coefficient (Wildman–Crippen LogP) is 0.587. The Balaban J connectivity index is 1.79. The maximum atomic E-state index is 12.1. The Morgan fingerprint density at radius 2 is 2.35 bits per heavy atom. The molecule has 0 saturated carbocycles. The third-order valence-electron chi connectivity index (χ3n) is 4.34. The molecule has 0 aromatic carbocycles. The van der Waals surface area contributed by atoms with Gasteiger partial charge in [0.2, 0.25) is 5.91 Å². The summed E-state index contributed by atoms with van der Waals surface area (Å²) >= 11 is 0. The number of nitrogens with one attached hydrogen (secondary N) is 2. The predicted molar refractivity (Wildman–Crippen MR) is 68.9 cm³/mol. The molecule has 2 saturated heterocycles. The van der Waals surface area contributed by atoms with Crippen molar-refractivity contribution >= 4 is 5.91 Å². The van der Waals surface area contributed by atoms with Crippen molar-refractivity contribution in [2.45, 2.75) is 38.6 Å². The van der Waals surface area contributed by atoms with Crippen molar-refractivity contribution in [1.82, 2.24) is 15.5 Å². The first-order chi connectivity index (χ1) is 8.12. The first-order valence-electron chi connectivity index (χ1n) is 6.81. The minimum atomic E-state index is -0.187. The number of carbonyl (C=O) groups is 1. The Morgan fingerprint density at radius 3 is 3.00 bits per heavy atom. The van der Waals surface area contributed by atoms with Crippen LogP contribution in [0.15, 0.2) is 0 Å². The first kappa shape index (κ1) is 12.8. The summed E-state index contributed by atoms with van der Waals surface area (Å²) in [6, 6.07) is 0.533. The van der Waals surface area contributed by atoms with Crippen LogP contribution in [-0.4, -0.2) is 50.1 Å². The molecule has 0 bridgehead atoms. The summed E-state index contributed by atoms with van der Waals surface area (Å²) in [5.74, 6) is 0.224. The van der Waals surface area contributed by atoms with Gasteiger partial charge < -0.3 is 15.5 Å². The van der Waals surface area contributed by atoms with Gasteiger partial charge in [-0.3, -0.25) is 4.79 Å². The molecule has 0 radical (unpaired) electrons. The number of nitrogens with zero attached hydrogens (tertiary/aromatic N) is 1. The van der Waals surface area contributed by atoms with E-state index in [9.17, 15) is 4.79 Å². The minimum absolute atomic E-state index is 0.187. The van der Waals surface area contributed by atoms with Crippen LogP contribution in [0.3, 0.4) is 0 Å². The standard InChI is InChI=1S/C13H25N3O/c1-13(6-7-14-10-13)12(17)15-9-11-5-3-4-8-16(11)2/h11,14H,3-10H2,1-2H3,(H,15,17). The Kier molecular flexibility index (Phi) is 4.05. The Morgan fingerprint density at radius 1 is 1.53 bits per heavy atom. The molecule has 2 unspecified atom stereocenters. The second-order valence-electron chi connectivity index (χ2n) is 5.83. The van der Waals surface area contributed by atoms with Crippen molar-refractivity contribution in [3.63, 3.8) is 0 Å². The molecule has 2 aliphatic heterocycles. The molecule has 2 rings (SSSR count). The highest BCUT2D eigenvalue weighted by molar-refractivity contribution is 5.82.